The number of sulfonamides is 1. The molecule has 138 valence electrons. The molecular weight excluding hydrogens is 360 g/mol. The van der Waals surface area contributed by atoms with Crippen molar-refractivity contribution in [1.29, 1.82) is 0 Å². The van der Waals surface area contributed by atoms with Gasteiger partial charge in [-0.05, 0) is 30.7 Å². The topological polar surface area (TPSA) is 107 Å². The number of ketones is 1. The van der Waals surface area contributed by atoms with Gasteiger partial charge < -0.3 is 4.74 Å². The van der Waals surface area contributed by atoms with Gasteiger partial charge in [0.05, 0.1) is 18.6 Å². The molecule has 9 heteroatoms. The van der Waals surface area contributed by atoms with Crippen LogP contribution in [0.2, 0.25) is 0 Å². The molecule has 0 unspecified atom stereocenters. The smallest absolute Gasteiger partial charge is 0.289 e. The van der Waals surface area contributed by atoms with Crippen molar-refractivity contribution in [2.24, 2.45) is 0 Å². The van der Waals surface area contributed by atoms with E-state index < -0.39 is 25.5 Å². The Labute approximate surface area is 151 Å². The maximum atomic E-state index is 13.0. The third-order valence-corrected chi connectivity index (χ3v) is 5.44. The van der Waals surface area contributed by atoms with Gasteiger partial charge in [0.15, 0.2) is 4.90 Å². The second-order valence-electron chi connectivity index (χ2n) is 5.55. The molecule has 0 heterocycles. The van der Waals surface area contributed by atoms with Gasteiger partial charge in [-0.1, -0.05) is 24.3 Å². The van der Waals surface area contributed by atoms with E-state index in [9.17, 15) is 23.3 Å². The molecule has 0 aromatic heterocycles. The predicted molar refractivity (Wildman–Crippen MR) is 94.4 cm³/mol. The quantitative estimate of drug-likeness (QED) is 0.516. The summed E-state index contributed by atoms with van der Waals surface area (Å²) in [5, 5.41) is 11.2. The third-order valence-electron chi connectivity index (χ3n) is 3.60. The van der Waals surface area contributed by atoms with Gasteiger partial charge >= 0.3 is 0 Å². The SMILES string of the molecule is COc1ccc(CN(CC(C)=O)S(=O)(=O)c2ccccc2[N+](=O)[O-])cc1. The number of hydrogen-bond donors (Lipinski definition) is 0. The van der Waals surface area contributed by atoms with Crippen molar-refractivity contribution in [3.63, 3.8) is 0 Å². The van der Waals surface area contributed by atoms with Crippen LogP contribution >= 0.6 is 0 Å². The number of methoxy groups -OCH3 is 1. The average molecular weight is 378 g/mol. The molecular formula is C17H18N2O6S. The second-order valence-corrected chi connectivity index (χ2v) is 7.45. The maximum Gasteiger partial charge on any atom is 0.289 e. The minimum Gasteiger partial charge on any atom is -0.497 e. The van der Waals surface area contributed by atoms with Crippen LogP contribution in [0.5, 0.6) is 5.75 Å². The summed E-state index contributed by atoms with van der Waals surface area (Å²) >= 11 is 0. The predicted octanol–water partition coefficient (Wildman–Crippen LogP) is 2.38. The third kappa shape index (κ3) is 4.44. The van der Waals surface area contributed by atoms with E-state index in [1.165, 1.54) is 26.2 Å². The lowest BCUT2D eigenvalue weighted by Gasteiger charge is -2.21. The van der Waals surface area contributed by atoms with Gasteiger partial charge in [-0.2, -0.15) is 4.31 Å². The first-order valence-electron chi connectivity index (χ1n) is 7.61. The van der Waals surface area contributed by atoms with Gasteiger partial charge in [0.1, 0.15) is 11.5 Å². The summed E-state index contributed by atoms with van der Waals surface area (Å²) < 4.78 is 31.9. The number of para-hydroxylation sites is 1. The molecule has 0 N–H and O–H groups in total. The number of carbonyl (C=O) groups is 1. The van der Waals surface area contributed by atoms with Crippen molar-refractivity contribution >= 4 is 21.5 Å². The zero-order valence-electron chi connectivity index (χ0n) is 14.3. The van der Waals surface area contributed by atoms with Gasteiger partial charge in [-0.3, -0.25) is 14.9 Å². The summed E-state index contributed by atoms with van der Waals surface area (Å²) in [6, 6.07) is 11.7. The lowest BCUT2D eigenvalue weighted by Crippen LogP contribution is -2.34. The maximum absolute atomic E-state index is 13.0. The van der Waals surface area contributed by atoms with Crippen LogP contribution in [0.25, 0.3) is 0 Å². The standard InChI is InChI=1S/C17H18N2O6S/c1-13(20)11-18(12-14-7-9-15(25-2)10-8-14)26(23,24)17-6-4-3-5-16(17)19(21)22/h3-10H,11-12H2,1-2H3. The molecule has 0 atom stereocenters. The number of Topliss-reactive ketones (excluding diaryl/α,β-unsaturated/α-hetero) is 1. The summed E-state index contributed by atoms with van der Waals surface area (Å²) in [4.78, 5) is 21.6. The number of benzene rings is 2. The fourth-order valence-corrected chi connectivity index (χ4v) is 3.98. The highest BCUT2D eigenvalue weighted by atomic mass is 32.2. The van der Waals surface area contributed by atoms with Gasteiger partial charge in [0, 0.05) is 12.6 Å². The number of carbonyl (C=O) groups excluding carboxylic acids is 1. The Morgan fingerprint density at radius 1 is 1.15 bits per heavy atom. The van der Waals surface area contributed by atoms with E-state index in [4.69, 9.17) is 4.74 Å². The van der Waals surface area contributed by atoms with Crippen LogP contribution in [0, 0.1) is 10.1 Å². The molecule has 0 saturated heterocycles. The Morgan fingerprint density at radius 3 is 2.31 bits per heavy atom. The molecule has 0 aliphatic carbocycles. The van der Waals surface area contributed by atoms with Gasteiger partial charge in [-0.25, -0.2) is 8.42 Å². The Kier molecular flexibility index (Phi) is 6.06. The molecule has 26 heavy (non-hydrogen) atoms. The highest BCUT2D eigenvalue weighted by molar-refractivity contribution is 7.89. The Bertz CT molecular complexity index is 909. The second kappa shape index (κ2) is 8.07. The monoisotopic (exact) mass is 378 g/mol. The van der Waals surface area contributed by atoms with Crippen molar-refractivity contribution in [2.45, 2.75) is 18.4 Å². The van der Waals surface area contributed by atoms with E-state index in [0.717, 1.165) is 16.4 Å². The summed E-state index contributed by atoms with van der Waals surface area (Å²) in [6.45, 7) is 0.772. The molecule has 0 saturated carbocycles. The normalized spacial score (nSPS) is 11.3. The van der Waals surface area contributed by atoms with Crippen molar-refractivity contribution in [2.75, 3.05) is 13.7 Å². The fraction of sp³-hybridized carbons (Fsp3) is 0.235. The van der Waals surface area contributed by atoms with Crippen LogP contribution in [0.3, 0.4) is 0 Å². The van der Waals surface area contributed by atoms with Crippen LogP contribution in [0.1, 0.15) is 12.5 Å². The van der Waals surface area contributed by atoms with Crippen molar-refractivity contribution in [3.8, 4) is 5.75 Å². The van der Waals surface area contributed by atoms with Crippen molar-refractivity contribution in [3.05, 3.63) is 64.2 Å². The molecule has 2 rings (SSSR count). The largest absolute Gasteiger partial charge is 0.497 e. The molecule has 8 nitrogen and oxygen atoms in total. The van der Waals surface area contributed by atoms with E-state index in [-0.39, 0.29) is 18.9 Å². The van der Waals surface area contributed by atoms with Crippen LogP contribution in [-0.2, 0) is 21.4 Å². The van der Waals surface area contributed by atoms with Crippen molar-refractivity contribution in [1.82, 2.24) is 4.31 Å². The van der Waals surface area contributed by atoms with Crippen LogP contribution in [-0.4, -0.2) is 37.1 Å². The molecule has 0 bridgehead atoms. The zero-order valence-corrected chi connectivity index (χ0v) is 15.1. The van der Waals surface area contributed by atoms with Crippen LogP contribution < -0.4 is 4.74 Å². The first-order valence-corrected chi connectivity index (χ1v) is 9.05. The zero-order chi connectivity index (χ0) is 19.3. The Balaban J connectivity index is 2.44. The van der Waals surface area contributed by atoms with E-state index >= 15 is 0 Å². The molecule has 0 aliphatic heterocycles. The Morgan fingerprint density at radius 2 is 1.77 bits per heavy atom. The fourth-order valence-electron chi connectivity index (χ4n) is 2.37. The van der Waals surface area contributed by atoms with E-state index in [1.54, 1.807) is 24.3 Å². The van der Waals surface area contributed by atoms with Crippen molar-refractivity contribution < 1.29 is 22.9 Å². The lowest BCUT2D eigenvalue weighted by atomic mass is 10.2. The number of ether oxygens (including phenoxy) is 1. The van der Waals surface area contributed by atoms with E-state index in [0.29, 0.717) is 11.3 Å². The Hall–Kier alpha value is -2.78. The van der Waals surface area contributed by atoms with E-state index in [2.05, 4.69) is 0 Å². The highest BCUT2D eigenvalue weighted by Crippen LogP contribution is 2.27. The summed E-state index contributed by atoms with van der Waals surface area (Å²) in [7, 11) is -2.74. The van der Waals surface area contributed by atoms with E-state index in [1.807, 2.05) is 0 Å². The summed E-state index contributed by atoms with van der Waals surface area (Å²) in [5.41, 5.74) is 0.0880. The molecule has 0 aliphatic rings. The molecule has 0 fully saturated rings. The lowest BCUT2D eigenvalue weighted by molar-refractivity contribution is -0.387. The first-order chi connectivity index (χ1) is 12.3. The summed E-state index contributed by atoms with van der Waals surface area (Å²) in [6.07, 6.45) is 0. The first kappa shape index (κ1) is 19.5. The molecule has 0 radical (unpaired) electrons. The van der Waals surface area contributed by atoms with Gasteiger partial charge in [0.25, 0.3) is 15.7 Å². The van der Waals surface area contributed by atoms with Crippen LogP contribution in [0.15, 0.2) is 53.4 Å². The summed E-state index contributed by atoms with van der Waals surface area (Å²) in [5.74, 6) is 0.231. The minimum atomic E-state index is -4.25. The number of nitrogens with zero attached hydrogens (tertiary/aromatic N) is 2. The minimum absolute atomic E-state index is 0.0992. The molecule has 0 spiro atoms. The highest BCUT2D eigenvalue weighted by Gasteiger charge is 2.32. The van der Waals surface area contributed by atoms with Gasteiger partial charge in [-0.15, -0.1) is 0 Å². The molecule has 2 aromatic rings. The molecule has 0 amide bonds. The molecule has 2 aromatic carbocycles. The van der Waals surface area contributed by atoms with Crippen LogP contribution in [0.4, 0.5) is 5.69 Å². The number of nitro groups is 1. The number of nitro benzene ring substituents is 1. The average Bonchev–Trinajstić information content (AvgIpc) is 2.61. The number of hydrogen-bond acceptors (Lipinski definition) is 6. The number of rotatable bonds is 8. The van der Waals surface area contributed by atoms with Gasteiger partial charge in [0.2, 0.25) is 0 Å².